The number of hydrogen-bond donors (Lipinski definition) is 2. The minimum absolute atomic E-state index is 0.0774. The van der Waals surface area contributed by atoms with Crippen LogP contribution in [-0.4, -0.2) is 46.1 Å². The number of aromatic nitrogens is 2. The number of carboxylic acids is 1. The second-order valence-electron chi connectivity index (χ2n) is 10.4. The summed E-state index contributed by atoms with van der Waals surface area (Å²) in [5, 5.41) is 13.6. The molecule has 186 valence electrons. The number of benzene rings is 2. The molecule has 3 aliphatic rings. The predicted molar refractivity (Wildman–Crippen MR) is 137 cm³/mol. The average Bonchev–Trinajstić information content (AvgIpc) is 3.13. The number of aryl methyl sites for hydroxylation is 1. The van der Waals surface area contributed by atoms with E-state index in [-0.39, 0.29) is 11.6 Å². The molecule has 2 aromatic carbocycles. The summed E-state index contributed by atoms with van der Waals surface area (Å²) in [5.41, 5.74) is 4.83. The molecular formula is C27H27ClFN5O2. The molecule has 3 aromatic rings. The minimum Gasteiger partial charge on any atom is -0.481 e. The van der Waals surface area contributed by atoms with Gasteiger partial charge in [0.05, 0.1) is 6.20 Å². The number of hydrogen-bond acceptors (Lipinski definition) is 6. The fraction of sp³-hybridized carbons (Fsp3) is 0.370. The summed E-state index contributed by atoms with van der Waals surface area (Å²) in [6.45, 7) is 3.68. The van der Waals surface area contributed by atoms with Gasteiger partial charge in [-0.3, -0.25) is 4.79 Å². The number of halogens is 2. The van der Waals surface area contributed by atoms with Gasteiger partial charge < -0.3 is 20.2 Å². The highest BCUT2D eigenvalue weighted by molar-refractivity contribution is 6.33. The van der Waals surface area contributed by atoms with Gasteiger partial charge in [-0.25, -0.2) is 9.37 Å². The van der Waals surface area contributed by atoms with Gasteiger partial charge in [-0.15, -0.1) is 0 Å². The molecule has 2 unspecified atom stereocenters. The third kappa shape index (κ3) is 3.71. The van der Waals surface area contributed by atoms with Crippen molar-refractivity contribution in [1.29, 1.82) is 0 Å². The van der Waals surface area contributed by atoms with E-state index >= 15 is 0 Å². The molecule has 1 aliphatic carbocycles. The molecule has 0 amide bonds. The Morgan fingerprint density at radius 2 is 2.08 bits per heavy atom. The fourth-order valence-electron chi connectivity index (χ4n) is 6.09. The number of carbonyl (C=O) groups is 1. The van der Waals surface area contributed by atoms with Crippen molar-refractivity contribution >= 4 is 40.7 Å². The van der Waals surface area contributed by atoms with E-state index in [1.165, 1.54) is 47.9 Å². The topological polar surface area (TPSA) is 81.6 Å². The van der Waals surface area contributed by atoms with Crippen molar-refractivity contribution in [1.82, 2.24) is 14.9 Å². The molecule has 9 heteroatoms. The lowest BCUT2D eigenvalue weighted by molar-refractivity contribution is -0.142. The Kier molecular flexibility index (Phi) is 5.42. The lowest BCUT2D eigenvalue weighted by Gasteiger charge is -2.37. The number of rotatable bonds is 4. The number of fused-ring (bicyclic) bond motifs is 1. The zero-order chi connectivity index (χ0) is 25.2. The Balaban J connectivity index is 1.36. The Bertz CT molecular complexity index is 1400. The SMILES string of the molecule is CN1Cc2cc(Nc3ncc(Cl)c(N4CC(C)(C(=O)O)c5cc(F)ccc54)n3)cc3c2C(CCC3)C1. The molecule has 7 nitrogen and oxygen atoms in total. The third-order valence-electron chi connectivity index (χ3n) is 7.76. The fourth-order valence-corrected chi connectivity index (χ4v) is 6.28. The van der Waals surface area contributed by atoms with E-state index in [1.54, 1.807) is 17.9 Å². The van der Waals surface area contributed by atoms with Crippen LogP contribution in [0.1, 0.15) is 47.9 Å². The van der Waals surface area contributed by atoms with Crippen LogP contribution in [0.5, 0.6) is 0 Å². The van der Waals surface area contributed by atoms with Crippen LogP contribution in [0.4, 0.5) is 27.5 Å². The number of nitrogens with zero attached hydrogens (tertiary/aromatic N) is 4. The minimum atomic E-state index is -1.30. The Morgan fingerprint density at radius 3 is 2.89 bits per heavy atom. The van der Waals surface area contributed by atoms with Crippen LogP contribution in [0.2, 0.25) is 5.02 Å². The highest BCUT2D eigenvalue weighted by Crippen LogP contribution is 2.46. The largest absolute Gasteiger partial charge is 0.481 e. The average molecular weight is 508 g/mol. The van der Waals surface area contributed by atoms with Crippen molar-refractivity contribution in [2.75, 3.05) is 30.4 Å². The number of aliphatic carboxylic acids is 1. The molecule has 2 N–H and O–H groups in total. The van der Waals surface area contributed by atoms with Crippen molar-refractivity contribution < 1.29 is 14.3 Å². The van der Waals surface area contributed by atoms with E-state index in [0.717, 1.165) is 25.2 Å². The predicted octanol–water partition coefficient (Wildman–Crippen LogP) is 5.37. The maximum absolute atomic E-state index is 14.0. The van der Waals surface area contributed by atoms with Crippen LogP contribution in [0.3, 0.4) is 0 Å². The van der Waals surface area contributed by atoms with Crippen molar-refractivity contribution in [3.63, 3.8) is 0 Å². The van der Waals surface area contributed by atoms with Crippen molar-refractivity contribution in [2.24, 2.45) is 0 Å². The zero-order valence-electron chi connectivity index (χ0n) is 20.2. The normalized spacial score (nSPS) is 22.8. The van der Waals surface area contributed by atoms with Crippen LogP contribution in [-0.2, 0) is 23.2 Å². The molecule has 0 bridgehead atoms. The monoisotopic (exact) mass is 507 g/mol. The molecule has 3 heterocycles. The smallest absolute Gasteiger partial charge is 0.315 e. The van der Waals surface area contributed by atoms with Gasteiger partial charge in [0, 0.05) is 31.0 Å². The van der Waals surface area contributed by atoms with Gasteiger partial charge in [-0.05, 0) is 91.7 Å². The molecule has 36 heavy (non-hydrogen) atoms. The molecular weight excluding hydrogens is 481 g/mol. The van der Waals surface area contributed by atoms with E-state index in [1.807, 2.05) is 0 Å². The van der Waals surface area contributed by atoms with Crippen molar-refractivity contribution in [3.8, 4) is 0 Å². The van der Waals surface area contributed by atoms with Crippen molar-refractivity contribution in [3.05, 3.63) is 69.6 Å². The van der Waals surface area contributed by atoms with Gasteiger partial charge in [-0.2, -0.15) is 4.98 Å². The van der Waals surface area contributed by atoms with Crippen LogP contribution < -0.4 is 10.2 Å². The van der Waals surface area contributed by atoms with E-state index in [2.05, 4.69) is 39.4 Å². The summed E-state index contributed by atoms with van der Waals surface area (Å²) >= 11 is 6.51. The van der Waals surface area contributed by atoms with Gasteiger partial charge >= 0.3 is 5.97 Å². The summed E-state index contributed by atoms with van der Waals surface area (Å²) in [6.07, 6.45) is 5.00. The van der Waals surface area contributed by atoms with Gasteiger partial charge in [-0.1, -0.05) is 11.6 Å². The molecule has 0 fully saturated rings. The number of nitrogens with one attached hydrogen (secondary N) is 1. The zero-order valence-corrected chi connectivity index (χ0v) is 20.9. The molecule has 6 rings (SSSR count). The molecule has 0 saturated heterocycles. The summed E-state index contributed by atoms with van der Waals surface area (Å²) in [6, 6.07) is 8.55. The van der Waals surface area contributed by atoms with E-state index in [9.17, 15) is 14.3 Å². The lowest BCUT2D eigenvalue weighted by atomic mass is 9.77. The van der Waals surface area contributed by atoms with Crippen LogP contribution >= 0.6 is 11.6 Å². The molecule has 2 atom stereocenters. The van der Waals surface area contributed by atoms with Crippen LogP contribution in [0.15, 0.2) is 36.5 Å². The quantitative estimate of drug-likeness (QED) is 0.491. The maximum Gasteiger partial charge on any atom is 0.315 e. The summed E-state index contributed by atoms with van der Waals surface area (Å²) in [7, 11) is 2.16. The first-order chi connectivity index (χ1) is 17.2. The van der Waals surface area contributed by atoms with Crippen LogP contribution in [0, 0.1) is 5.82 Å². The summed E-state index contributed by atoms with van der Waals surface area (Å²) in [5.74, 6) is -0.175. The number of likely N-dealkylation sites (N-methyl/N-ethyl adjacent to an activating group) is 1. The van der Waals surface area contributed by atoms with Crippen molar-refractivity contribution in [2.45, 2.75) is 44.1 Å². The van der Waals surface area contributed by atoms with Gasteiger partial charge in [0.2, 0.25) is 5.95 Å². The highest BCUT2D eigenvalue weighted by Gasteiger charge is 2.46. The number of carboxylic acid groups (broad SMARTS) is 1. The van der Waals surface area contributed by atoms with E-state index < -0.39 is 17.2 Å². The number of anilines is 4. The van der Waals surface area contributed by atoms with E-state index in [4.69, 9.17) is 11.6 Å². The molecule has 0 spiro atoms. The van der Waals surface area contributed by atoms with E-state index in [0.29, 0.717) is 28.9 Å². The summed E-state index contributed by atoms with van der Waals surface area (Å²) in [4.78, 5) is 25.3. The van der Waals surface area contributed by atoms with Gasteiger partial charge in [0.1, 0.15) is 16.3 Å². The Morgan fingerprint density at radius 1 is 1.28 bits per heavy atom. The van der Waals surface area contributed by atoms with Crippen LogP contribution in [0.25, 0.3) is 0 Å². The Hall–Kier alpha value is -3.23. The Labute approximate surface area is 213 Å². The highest BCUT2D eigenvalue weighted by atomic mass is 35.5. The van der Waals surface area contributed by atoms with Gasteiger partial charge in [0.15, 0.2) is 5.82 Å². The molecule has 1 aromatic heterocycles. The molecule has 0 radical (unpaired) electrons. The summed E-state index contributed by atoms with van der Waals surface area (Å²) < 4.78 is 14.0. The first-order valence-electron chi connectivity index (χ1n) is 12.2. The second-order valence-corrected chi connectivity index (χ2v) is 10.8. The third-order valence-corrected chi connectivity index (χ3v) is 8.02. The second kappa shape index (κ2) is 8.42. The molecule has 2 aliphatic heterocycles. The molecule has 0 saturated carbocycles. The first kappa shape index (κ1) is 23.2. The lowest BCUT2D eigenvalue weighted by Crippen LogP contribution is -2.36. The standard InChI is InChI=1S/C27H27ClFN5O2/c1-27(25(35)36)14-34(22-7-6-18(29)10-20(22)27)24-21(28)11-30-26(32-24)31-19-8-15-4-3-5-16-12-33(2)13-17(9-19)23(15)16/h6-11,16H,3-5,12-14H2,1-2H3,(H,35,36)(H,30,31,32). The maximum atomic E-state index is 14.0. The first-order valence-corrected chi connectivity index (χ1v) is 12.6. The van der Waals surface area contributed by atoms with Gasteiger partial charge in [0.25, 0.3) is 0 Å².